The first-order chi connectivity index (χ1) is 10.3. The van der Waals surface area contributed by atoms with Crippen LogP contribution in [0.15, 0.2) is 28.9 Å². The van der Waals surface area contributed by atoms with Crippen LogP contribution in [-0.4, -0.2) is 18.8 Å². The Labute approximate surface area is 143 Å². The predicted octanol–water partition coefficient (Wildman–Crippen LogP) is 6.24. The average molecular weight is 380 g/mol. The van der Waals surface area contributed by atoms with Crippen LogP contribution in [0.1, 0.15) is 51.9 Å². The second kappa shape index (κ2) is 6.32. The van der Waals surface area contributed by atoms with Crippen molar-refractivity contribution < 1.29 is 4.79 Å². The fraction of sp³-hybridized carbons (Fsp3) is 0.500. The minimum absolute atomic E-state index is 0.620. The van der Waals surface area contributed by atoms with E-state index in [4.69, 9.17) is 0 Å². The number of carbonyl (C=O) groups excluding carboxylic acids is 1. The summed E-state index contributed by atoms with van der Waals surface area (Å²) < 4.78 is 3.57. The lowest BCUT2D eigenvalue weighted by Gasteiger charge is -2.44. The van der Waals surface area contributed by atoms with E-state index < -0.39 is 8.24 Å². The molecule has 0 aliphatic heterocycles. The number of hydrogen-bond acceptors (Lipinski definition) is 1. The molecule has 0 saturated carbocycles. The number of halogens is 1. The number of carbonyl (C=O) groups is 1. The Balaban J connectivity index is 2.90. The van der Waals surface area contributed by atoms with Gasteiger partial charge in [-0.3, -0.25) is 4.79 Å². The normalized spacial score (nSPS) is 12.8. The van der Waals surface area contributed by atoms with Crippen molar-refractivity contribution >= 4 is 41.4 Å². The van der Waals surface area contributed by atoms with Crippen LogP contribution in [0.25, 0.3) is 10.9 Å². The second-order valence-corrected chi connectivity index (χ2v) is 13.6. The average Bonchev–Trinajstić information content (AvgIpc) is 2.76. The summed E-state index contributed by atoms with van der Waals surface area (Å²) in [5.41, 5.74) is 3.82. The Hall–Kier alpha value is -0.873. The minimum Gasteiger partial charge on any atom is -0.372 e. The zero-order valence-corrected chi connectivity index (χ0v) is 16.9. The van der Waals surface area contributed by atoms with Crippen molar-refractivity contribution in [3.63, 3.8) is 0 Å². The van der Waals surface area contributed by atoms with Crippen molar-refractivity contribution in [2.24, 2.45) is 0 Å². The number of hydrogen-bond donors (Lipinski definition) is 0. The predicted molar refractivity (Wildman–Crippen MR) is 101 cm³/mol. The van der Waals surface area contributed by atoms with Crippen LogP contribution >= 0.6 is 15.9 Å². The quantitative estimate of drug-likeness (QED) is 0.444. The van der Waals surface area contributed by atoms with E-state index >= 15 is 0 Å². The van der Waals surface area contributed by atoms with Crippen molar-refractivity contribution in [1.82, 2.24) is 4.23 Å². The molecule has 22 heavy (non-hydrogen) atoms. The summed E-state index contributed by atoms with van der Waals surface area (Å²) in [7, 11) is -1.81. The maximum Gasteiger partial charge on any atom is 0.169 e. The van der Waals surface area contributed by atoms with E-state index in [0.29, 0.717) is 16.6 Å². The number of benzene rings is 1. The van der Waals surface area contributed by atoms with E-state index in [1.54, 1.807) is 0 Å². The maximum atomic E-state index is 11.4. The summed E-state index contributed by atoms with van der Waals surface area (Å²) in [6.07, 6.45) is 3.19. The lowest BCUT2D eigenvalue weighted by molar-refractivity contribution is 0.112. The first-order valence-corrected chi connectivity index (χ1v) is 11.0. The fourth-order valence-corrected chi connectivity index (χ4v) is 12.0. The molecule has 1 heterocycles. The van der Waals surface area contributed by atoms with Crippen LogP contribution in [-0.2, 0) is 0 Å². The first-order valence-electron chi connectivity index (χ1n) is 8.03. The monoisotopic (exact) mass is 379 g/mol. The summed E-state index contributed by atoms with van der Waals surface area (Å²) in [5, 5.41) is 1.05. The van der Waals surface area contributed by atoms with Gasteiger partial charge >= 0.3 is 0 Å². The number of aldehydes is 1. The fourth-order valence-electron chi connectivity index (χ4n) is 4.52. The zero-order valence-electron chi connectivity index (χ0n) is 14.4. The molecule has 2 nitrogen and oxygen atoms in total. The highest BCUT2D eigenvalue weighted by molar-refractivity contribution is 9.10. The van der Waals surface area contributed by atoms with Crippen LogP contribution in [0, 0.1) is 0 Å². The van der Waals surface area contributed by atoms with Crippen LogP contribution in [0.5, 0.6) is 0 Å². The minimum atomic E-state index is -1.81. The van der Waals surface area contributed by atoms with Crippen molar-refractivity contribution in [2.45, 2.75) is 58.2 Å². The molecule has 2 rings (SSSR count). The van der Waals surface area contributed by atoms with E-state index in [9.17, 15) is 4.79 Å². The van der Waals surface area contributed by atoms with Crippen molar-refractivity contribution in [2.75, 3.05) is 0 Å². The van der Waals surface area contributed by atoms with Crippen LogP contribution in [0.3, 0.4) is 0 Å². The maximum absolute atomic E-state index is 11.4. The van der Waals surface area contributed by atoms with Gasteiger partial charge in [0.15, 0.2) is 14.5 Å². The van der Waals surface area contributed by atoms with Gasteiger partial charge in [0.25, 0.3) is 0 Å². The van der Waals surface area contributed by atoms with Crippen molar-refractivity contribution in [3.05, 3.63) is 34.4 Å². The Morgan fingerprint density at radius 1 is 1.05 bits per heavy atom. The van der Waals surface area contributed by atoms with E-state index in [0.717, 1.165) is 21.7 Å². The molecule has 0 N–H and O–H groups in total. The highest BCUT2D eigenvalue weighted by Gasteiger charge is 2.46. The summed E-state index contributed by atoms with van der Waals surface area (Å²) in [4.78, 5) is 11.4. The summed E-state index contributed by atoms with van der Waals surface area (Å²) in [6.45, 7) is 14.1. The molecule has 0 fully saturated rings. The highest BCUT2D eigenvalue weighted by Crippen LogP contribution is 2.45. The molecule has 1 aromatic carbocycles. The lowest BCUT2D eigenvalue weighted by Crippen LogP contribution is -2.51. The molecule has 120 valence electrons. The molecule has 0 unspecified atom stereocenters. The highest BCUT2D eigenvalue weighted by atomic mass is 79.9. The molecule has 2 aromatic rings. The third kappa shape index (κ3) is 2.40. The molecule has 0 saturated heterocycles. The van der Waals surface area contributed by atoms with Gasteiger partial charge in [-0.1, -0.05) is 53.7 Å². The molecule has 0 atom stereocenters. The lowest BCUT2D eigenvalue weighted by atomic mass is 10.1. The molecule has 0 bridgehead atoms. The van der Waals surface area contributed by atoms with Crippen LogP contribution < -0.4 is 0 Å². The van der Waals surface area contributed by atoms with Gasteiger partial charge in [-0.05, 0) is 38.6 Å². The summed E-state index contributed by atoms with van der Waals surface area (Å²) in [5.74, 6) is 0. The van der Waals surface area contributed by atoms with E-state index in [1.807, 2.05) is 12.1 Å². The van der Waals surface area contributed by atoms with Gasteiger partial charge in [0.2, 0.25) is 0 Å². The topological polar surface area (TPSA) is 22.0 Å². The smallest absolute Gasteiger partial charge is 0.169 e. The van der Waals surface area contributed by atoms with Gasteiger partial charge in [0, 0.05) is 27.1 Å². The zero-order chi connectivity index (χ0) is 16.7. The summed E-state index contributed by atoms with van der Waals surface area (Å²) in [6, 6.07) is 6.05. The molecule has 0 aliphatic rings. The number of rotatable bonds is 5. The molecule has 0 radical (unpaired) electrons. The molecule has 4 heteroatoms. The van der Waals surface area contributed by atoms with E-state index in [2.05, 4.69) is 74.0 Å². The molecule has 0 amide bonds. The third-order valence-electron chi connectivity index (χ3n) is 5.13. The van der Waals surface area contributed by atoms with Crippen LogP contribution in [0.4, 0.5) is 0 Å². The van der Waals surface area contributed by atoms with Crippen molar-refractivity contribution in [1.29, 1.82) is 0 Å². The van der Waals surface area contributed by atoms with Crippen molar-refractivity contribution in [3.8, 4) is 0 Å². The van der Waals surface area contributed by atoms with E-state index in [-0.39, 0.29) is 0 Å². The van der Waals surface area contributed by atoms with E-state index in [1.165, 1.54) is 5.52 Å². The Kier molecular flexibility index (Phi) is 5.02. The molecule has 1 aromatic heterocycles. The van der Waals surface area contributed by atoms with Gasteiger partial charge in [-0.25, -0.2) is 0 Å². The number of fused-ring (bicyclic) bond motifs is 1. The van der Waals surface area contributed by atoms with Gasteiger partial charge < -0.3 is 4.23 Å². The molecular formula is C18H26BrNOSi. The van der Waals surface area contributed by atoms with Gasteiger partial charge in [0.1, 0.15) is 0 Å². The standard InChI is InChI=1S/C18H26BrNOSi/c1-12(2)22(13(3)4,14(5)6)20-10-16(19)18-15(11-21)8-7-9-17(18)20/h7-14H,1-6H3. The second-order valence-electron chi connectivity index (χ2n) is 7.06. The largest absolute Gasteiger partial charge is 0.372 e. The number of nitrogens with zero attached hydrogens (tertiary/aromatic N) is 1. The summed E-state index contributed by atoms with van der Waals surface area (Å²) >= 11 is 3.69. The molecule has 0 spiro atoms. The van der Waals surface area contributed by atoms with Crippen LogP contribution in [0.2, 0.25) is 16.6 Å². The Morgan fingerprint density at radius 3 is 2.05 bits per heavy atom. The Morgan fingerprint density at radius 2 is 1.59 bits per heavy atom. The SMILES string of the molecule is CC(C)[Si](C(C)C)(C(C)C)n1cc(Br)c2c(C=O)cccc21. The van der Waals surface area contributed by atoms with Gasteiger partial charge in [-0.15, -0.1) is 0 Å². The number of aromatic nitrogens is 1. The molecular weight excluding hydrogens is 354 g/mol. The van der Waals surface area contributed by atoms with Gasteiger partial charge in [0.05, 0.1) is 0 Å². The Bertz CT molecular complexity index is 666. The van der Waals surface area contributed by atoms with Gasteiger partial charge in [-0.2, -0.15) is 0 Å². The molecule has 0 aliphatic carbocycles. The third-order valence-corrected chi connectivity index (χ3v) is 12.5. The first kappa shape index (κ1) is 17.5.